The van der Waals surface area contributed by atoms with Crippen molar-refractivity contribution < 1.29 is 0 Å². The highest BCUT2D eigenvalue weighted by atomic mass is 32.1. The lowest BCUT2D eigenvalue weighted by atomic mass is 9.63. The molecule has 1 heterocycles. The minimum Gasteiger partial charge on any atom is -0.310 e. The topological polar surface area (TPSA) is 3.24 Å². The maximum absolute atomic E-state index is 2.57. The number of allylic oxidation sites excluding steroid dienone is 4. The van der Waals surface area contributed by atoms with Gasteiger partial charge in [0.1, 0.15) is 0 Å². The normalized spacial score (nSPS) is 19.6. The first kappa shape index (κ1) is 37.6. The molecule has 1 aromatic heterocycles. The summed E-state index contributed by atoms with van der Waals surface area (Å²) in [7, 11) is 0. The molecule has 5 aromatic carbocycles. The zero-order valence-electron chi connectivity index (χ0n) is 36.2. The minimum absolute atomic E-state index is 0.115. The highest BCUT2D eigenvalue weighted by Crippen LogP contribution is 2.52. The molecule has 2 heteroatoms. The van der Waals surface area contributed by atoms with E-state index in [1.807, 2.05) is 11.3 Å². The van der Waals surface area contributed by atoms with Crippen LogP contribution in [0, 0.1) is 6.92 Å². The molecule has 10 rings (SSSR count). The Hall–Kier alpha value is -4.66. The number of anilines is 3. The molecule has 0 saturated carbocycles. The zero-order valence-corrected chi connectivity index (χ0v) is 37.0. The number of rotatable bonds is 5. The lowest BCUT2D eigenvalue weighted by molar-refractivity contribution is 0.332. The summed E-state index contributed by atoms with van der Waals surface area (Å²) in [6, 6.07) is 38.2. The van der Waals surface area contributed by atoms with Crippen LogP contribution in [-0.2, 0) is 28.1 Å². The number of thiophene rings is 1. The summed E-state index contributed by atoms with van der Waals surface area (Å²) in [6.45, 7) is 21.8. The molecule has 0 spiro atoms. The van der Waals surface area contributed by atoms with Crippen molar-refractivity contribution in [1.29, 1.82) is 0 Å². The lowest BCUT2D eigenvalue weighted by Crippen LogP contribution is -2.34. The third-order valence-corrected chi connectivity index (χ3v) is 15.9. The third-order valence-electron chi connectivity index (χ3n) is 14.9. The van der Waals surface area contributed by atoms with Crippen molar-refractivity contribution in [3.63, 3.8) is 0 Å². The van der Waals surface area contributed by atoms with Gasteiger partial charge in [0.2, 0.25) is 0 Å². The second-order valence-electron chi connectivity index (χ2n) is 20.7. The number of hydrogen-bond donors (Lipinski definition) is 0. The van der Waals surface area contributed by atoms with E-state index in [-0.39, 0.29) is 21.7 Å². The molecule has 0 atom stereocenters. The van der Waals surface area contributed by atoms with Crippen LogP contribution in [-0.4, -0.2) is 0 Å². The van der Waals surface area contributed by atoms with Crippen LogP contribution in [0.1, 0.15) is 138 Å². The maximum atomic E-state index is 2.57. The maximum Gasteiger partial charge on any atom is 0.0470 e. The molecular formula is C56H59NS. The van der Waals surface area contributed by atoms with Gasteiger partial charge >= 0.3 is 0 Å². The Morgan fingerprint density at radius 1 is 0.534 bits per heavy atom. The van der Waals surface area contributed by atoms with E-state index in [0.29, 0.717) is 0 Å². The highest BCUT2D eigenvalue weighted by molar-refractivity contribution is 7.13. The van der Waals surface area contributed by atoms with E-state index in [1.165, 1.54) is 114 Å². The molecule has 4 aliphatic carbocycles. The largest absolute Gasteiger partial charge is 0.310 e. The first-order valence-electron chi connectivity index (χ1n) is 21.9. The van der Waals surface area contributed by atoms with Crippen molar-refractivity contribution in [3.05, 3.63) is 158 Å². The van der Waals surface area contributed by atoms with Crippen molar-refractivity contribution in [1.82, 2.24) is 0 Å². The number of fused-ring (bicyclic) bond motifs is 5. The van der Waals surface area contributed by atoms with Crippen LogP contribution in [0.4, 0.5) is 17.1 Å². The highest BCUT2D eigenvalue weighted by Gasteiger charge is 2.39. The average Bonchev–Trinajstić information content (AvgIpc) is 3.81. The number of hydrogen-bond acceptors (Lipinski definition) is 2. The van der Waals surface area contributed by atoms with Crippen LogP contribution in [0.3, 0.4) is 0 Å². The monoisotopic (exact) mass is 777 g/mol. The van der Waals surface area contributed by atoms with Gasteiger partial charge in [0, 0.05) is 32.7 Å². The molecule has 0 fully saturated rings. The molecule has 6 aromatic rings. The van der Waals surface area contributed by atoms with Gasteiger partial charge in [-0.1, -0.05) is 122 Å². The van der Waals surface area contributed by atoms with Crippen LogP contribution in [0.2, 0.25) is 0 Å². The molecule has 0 bridgehead atoms. The predicted octanol–water partition coefficient (Wildman–Crippen LogP) is 16.2. The molecule has 58 heavy (non-hydrogen) atoms. The van der Waals surface area contributed by atoms with Crippen LogP contribution in [0.15, 0.2) is 114 Å². The van der Waals surface area contributed by atoms with Gasteiger partial charge in [-0.05, 0) is 182 Å². The van der Waals surface area contributed by atoms with Gasteiger partial charge in [0.15, 0.2) is 0 Å². The quantitative estimate of drug-likeness (QED) is 0.169. The summed E-state index contributed by atoms with van der Waals surface area (Å²) in [6.07, 6.45) is 10.6. The molecule has 0 aliphatic heterocycles. The van der Waals surface area contributed by atoms with Crippen molar-refractivity contribution in [3.8, 4) is 11.1 Å². The second-order valence-corrected chi connectivity index (χ2v) is 21.5. The zero-order chi connectivity index (χ0) is 40.4. The lowest BCUT2D eigenvalue weighted by Gasteiger charge is -2.43. The fourth-order valence-corrected chi connectivity index (χ4v) is 12.3. The van der Waals surface area contributed by atoms with E-state index in [0.717, 1.165) is 19.3 Å². The number of aryl methyl sites for hydroxylation is 1. The summed E-state index contributed by atoms with van der Waals surface area (Å²) in [5, 5.41) is 5.15. The fourth-order valence-electron chi connectivity index (χ4n) is 11.1. The summed E-state index contributed by atoms with van der Waals surface area (Å²) in [4.78, 5) is 4.00. The van der Waals surface area contributed by atoms with Gasteiger partial charge in [-0.2, -0.15) is 0 Å². The van der Waals surface area contributed by atoms with Gasteiger partial charge in [-0.15, -0.1) is 11.3 Å². The van der Waals surface area contributed by atoms with Crippen LogP contribution >= 0.6 is 11.3 Å². The van der Waals surface area contributed by atoms with Crippen LogP contribution < -0.4 is 4.90 Å². The predicted molar refractivity (Wildman–Crippen MR) is 252 cm³/mol. The van der Waals surface area contributed by atoms with Gasteiger partial charge in [0.25, 0.3) is 0 Å². The Kier molecular flexibility index (Phi) is 8.54. The van der Waals surface area contributed by atoms with Crippen LogP contribution in [0.5, 0.6) is 0 Å². The Bertz CT molecular complexity index is 2640. The molecule has 4 aliphatic rings. The van der Waals surface area contributed by atoms with Gasteiger partial charge in [-0.25, -0.2) is 0 Å². The second kappa shape index (κ2) is 13.2. The average molecular weight is 778 g/mol. The molecule has 0 amide bonds. The Morgan fingerprint density at radius 3 is 1.79 bits per heavy atom. The van der Waals surface area contributed by atoms with Gasteiger partial charge < -0.3 is 4.90 Å². The van der Waals surface area contributed by atoms with Crippen molar-refractivity contribution in [2.24, 2.45) is 0 Å². The number of benzene rings is 5. The van der Waals surface area contributed by atoms with E-state index < -0.39 is 0 Å². The van der Waals surface area contributed by atoms with Gasteiger partial charge in [-0.3, -0.25) is 0 Å². The van der Waals surface area contributed by atoms with Crippen molar-refractivity contribution in [2.75, 3.05) is 4.90 Å². The van der Waals surface area contributed by atoms with Crippen molar-refractivity contribution >= 4 is 50.3 Å². The summed E-state index contributed by atoms with van der Waals surface area (Å²) < 4.78 is 0. The molecule has 0 N–H and O–H groups in total. The van der Waals surface area contributed by atoms with E-state index in [1.54, 1.807) is 11.1 Å². The molecule has 0 saturated heterocycles. The van der Waals surface area contributed by atoms with E-state index in [9.17, 15) is 0 Å². The number of nitrogens with zero attached hydrogens (tertiary/aromatic N) is 1. The van der Waals surface area contributed by atoms with Crippen molar-refractivity contribution in [2.45, 2.75) is 129 Å². The van der Waals surface area contributed by atoms with E-state index >= 15 is 0 Å². The van der Waals surface area contributed by atoms with E-state index in [2.05, 4.69) is 176 Å². The molecule has 1 nitrogen and oxygen atoms in total. The third kappa shape index (κ3) is 5.99. The summed E-state index contributed by atoms with van der Waals surface area (Å²) >= 11 is 1.93. The first-order valence-corrected chi connectivity index (χ1v) is 22.7. The Labute approximate surface area is 351 Å². The molecule has 0 unspecified atom stereocenters. The van der Waals surface area contributed by atoms with Crippen LogP contribution in [0.25, 0.3) is 33.0 Å². The minimum atomic E-state index is 0.115. The summed E-state index contributed by atoms with van der Waals surface area (Å²) in [5.41, 5.74) is 21.7. The fraction of sp³-hybridized carbons (Fsp3) is 0.357. The standard InChI is InChI=1S/C56H59NS/c1-35-28-37(42-16-12-19-45-47(42)34-58-52(45)44-18-13-17-43-41-15-11-10-14-36(41)31-46(43)44)30-40(29-35)57(38-20-22-48-50(32-38)55(6,7)26-24-53(48,2)3)39-21-23-49-51(33-39)56(8,9)27-25-54(49,4)5/h10-12,14-16,18-23,28-30,32-34H,13,17,24-27,31H2,1-9H3. The SMILES string of the molecule is Cc1cc(-c2cccc3c(C4=CCCC5=C4Cc4ccccc45)scc23)cc(N(c2ccc3c(c2)C(C)(C)CCC3(C)C)c2ccc3c(c2)C(C)(C)CCC3(C)C)c1. The Morgan fingerprint density at radius 2 is 1.14 bits per heavy atom. The van der Waals surface area contributed by atoms with Gasteiger partial charge in [0.05, 0.1) is 0 Å². The molecule has 0 radical (unpaired) electrons. The molecule has 294 valence electrons. The van der Waals surface area contributed by atoms with E-state index in [4.69, 9.17) is 0 Å². The smallest absolute Gasteiger partial charge is 0.0470 e. The Balaban J connectivity index is 1.13. The first-order chi connectivity index (χ1) is 27.6. The summed E-state index contributed by atoms with van der Waals surface area (Å²) in [5.74, 6) is 0. The molecular weight excluding hydrogens is 719 g/mol.